The van der Waals surface area contributed by atoms with Crippen molar-refractivity contribution in [2.24, 2.45) is 11.3 Å². The first-order valence-electron chi connectivity index (χ1n) is 9.36. The van der Waals surface area contributed by atoms with Crippen LogP contribution >= 0.6 is 11.6 Å². The third-order valence-electron chi connectivity index (χ3n) is 5.70. The summed E-state index contributed by atoms with van der Waals surface area (Å²) in [6, 6.07) is 7.04. The number of carbonyl (C=O) groups is 1. The number of amides is 1. The predicted octanol–water partition coefficient (Wildman–Crippen LogP) is 3.30. The van der Waals surface area contributed by atoms with Gasteiger partial charge in [-0.2, -0.15) is 0 Å². The predicted molar refractivity (Wildman–Crippen MR) is 104 cm³/mol. The molecule has 7 heteroatoms. The lowest BCUT2D eigenvalue weighted by molar-refractivity contribution is 0.0871. The number of halogens is 1. The van der Waals surface area contributed by atoms with E-state index in [0.29, 0.717) is 30.2 Å². The van der Waals surface area contributed by atoms with Gasteiger partial charge in [-0.25, -0.2) is 12.7 Å². The molecule has 1 amide bonds. The normalized spacial score (nSPS) is 20.7. The van der Waals surface area contributed by atoms with E-state index in [1.54, 1.807) is 35.5 Å². The summed E-state index contributed by atoms with van der Waals surface area (Å²) in [6.45, 7) is 3.36. The summed E-state index contributed by atoms with van der Waals surface area (Å²) in [5, 5.41) is 3.51. The van der Waals surface area contributed by atoms with E-state index in [9.17, 15) is 13.2 Å². The van der Waals surface area contributed by atoms with Crippen molar-refractivity contribution in [3.8, 4) is 0 Å². The fourth-order valence-corrected chi connectivity index (χ4v) is 5.14. The van der Waals surface area contributed by atoms with Crippen molar-refractivity contribution in [2.45, 2.75) is 39.0 Å². The molecule has 0 radical (unpaired) electrons. The second-order valence-electron chi connectivity index (χ2n) is 7.61. The molecule has 1 aromatic carbocycles. The lowest BCUT2D eigenvalue weighted by Gasteiger charge is -2.41. The fourth-order valence-electron chi connectivity index (χ4n) is 3.82. The molecule has 1 saturated heterocycles. The molecule has 1 saturated carbocycles. The van der Waals surface area contributed by atoms with Gasteiger partial charge in [-0.1, -0.05) is 36.6 Å². The number of nitrogens with one attached hydrogen (secondary N) is 1. The average molecular weight is 399 g/mol. The van der Waals surface area contributed by atoms with Gasteiger partial charge in [0.2, 0.25) is 10.0 Å². The first-order valence-corrected chi connectivity index (χ1v) is 11.3. The number of benzene rings is 1. The molecule has 144 valence electrons. The van der Waals surface area contributed by atoms with Gasteiger partial charge in [0.15, 0.2) is 0 Å². The number of piperidine rings is 1. The molecule has 26 heavy (non-hydrogen) atoms. The van der Waals surface area contributed by atoms with Crippen LogP contribution in [0.1, 0.15) is 49.4 Å². The Morgan fingerprint density at radius 2 is 1.92 bits per heavy atom. The lowest BCUT2D eigenvalue weighted by Crippen LogP contribution is -2.48. The van der Waals surface area contributed by atoms with Gasteiger partial charge in [0, 0.05) is 19.6 Å². The van der Waals surface area contributed by atoms with Gasteiger partial charge in [0.1, 0.15) is 0 Å². The number of hydrogen-bond acceptors (Lipinski definition) is 3. The topological polar surface area (TPSA) is 66.5 Å². The van der Waals surface area contributed by atoms with Crippen LogP contribution in [-0.2, 0) is 10.0 Å². The highest BCUT2D eigenvalue weighted by molar-refractivity contribution is 7.89. The summed E-state index contributed by atoms with van der Waals surface area (Å²) in [5.41, 5.74) is 0.472. The summed E-state index contributed by atoms with van der Waals surface area (Å²) < 4.78 is 25.9. The third-order valence-corrected chi connectivity index (χ3v) is 7.91. The maximum Gasteiger partial charge on any atom is 0.252 e. The first kappa shape index (κ1) is 19.6. The zero-order chi connectivity index (χ0) is 18.8. The lowest BCUT2D eigenvalue weighted by atomic mass is 9.74. The van der Waals surface area contributed by atoms with Gasteiger partial charge in [-0.05, 0) is 49.7 Å². The van der Waals surface area contributed by atoms with Crippen molar-refractivity contribution in [3.63, 3.8) is 0 Å². The number of sulfonamides is 1. The Morgan fingerprint density at radius 1 is 1.27 bits per heavy atom. The second kappa shape index (κ2) is 7.87. The zero-order valence-corrected chi connectivity index (χ0v) is 16.8. The Bertz CT molecular complexity index is 754. The maximum absolute atomic E-state index is 12.5. The molecule has 0 spiro atoms. The number of rotatable bonds is 7. The van der Waals surface area contributed by atoms with Crippen LogP contribution in [0.25, 0.3) is 0 Å². The minimum absolute atomic E-state index is 0.0160. The Morgan fingerprint density at radius 3 is 2.50 bits per heavy atom. The molecule has 2 fully saturated rings. The van der Waals surface area contributed by atoms with Crippen molar-refractivity contribution < 1.29 is 13.2 Å². The summed E-state index contributed by atoms with van der Waals surface area (Å²) in [7, 11) is -3.14. The Kier molecular flexibility index (Phi) is 5.94. The molecular weight excluding hydrogens is 372 g/mol. The van der Waals surface area contributed by atoms with E-state index in [1.807, 2.05) is 0 Å². The first-order chi connectivity index (χ1) is 12.4. The maximum atomic E-state index is 12.5. The highest BCUT2D eigenvalue weighted by atomic mass is 35.5. The zero-order valence-electron chi connectivity index (χ0n) is 15.2. The minimum Gasteiger partial charge on any atom is -0.351 e. The summed E-state index contributed by atoms with van der Waals surface area (Å²) >= 11 is 6.12. The molecule has 0 aromatic heterocycles. The van der Waals surface area contributed by atoms with Crippen molar-refractivity contribution in [1.29, 1.82) is 0 Å². The molecule has 1 aromatic rings. The molecule has 1 aliphatic heterocycles. The van der Waals surface area contributed by atoms with Crippen LogP contribution in [0.4, 0.5) is 0 Å². The van der Waals surface area contributed by atoms with Crippen molar-refractivity contribution in [2.75, 3.05) is 25.4 Å². The van der Waals surface area contributed by atoms with Crippen LogP contribution in [0.15, 0.2) is 24.3 Å². The van der Waals surface area contributed by atoms with E-state index >= 15 is 0 Å². The van der Waals surface area contributed by atoms with Gasteiger partial charge in [-0.15, -0.1) is 0 Å². The Balaban J connectivity index is 1.65. The summed E-state index contributed by atoms with van der Waals surface area (Å²) in [4.78, 5) is 12.5. The van der Waals surface area contributed by atoms with Crippen LogP contribution < -0.4 is 5.32 Å². The molecule has 0 unspecified atom stereocenters. The summed E-state index contributed by atoms with van der Waals surface area (Å²) in [6.07, 6.45) is 5.15. The van der Waals surface area contributed by atoms with Gasteiger partial charge in [0.25, 0.3) is 5.91 Å². The molecule has 0 bridgehead atoms. The van der Waals surface area contributed by atoms with Gasteiger partial charge in [0.05, 0.1) is 16.3 Å². The van der Waals surface area contributed by atoms with E-state index in [4.69, 9.17) is 11.6 Å². The highest BCUT2D eigenvalue weighted by Crippen LogP contribution is 2.45. The van der Waals surface area contributed by atoms with E-state index in [2.05, 4.69) is 5.32 Å². The van der Waals surface area contributed by atoms with Crippen LogP contribution in [0.3, 0.4) is 0 Å². The number of nitrogens with zero attached hydrogens (tertiary/aromatic N) is 1. The second-order valence-corrected chi connectivity index (χ2v) is 10.3. The molecule has 2 aliphatic rings. The molecule has 1 N–H and O–H groups in total. The van der Waals surface area contributed by atoms with Crippen molar-refractivity contribution in [1.82, 2.24) is 9.62 Å². The number of hydrogen-bond donors (Lipinski definition) is 1. The third kappa shape index (κ3) is 4.59. The number of carbonyl (C=O) groups excluding carboxylic acids is 1. The largest absolute Gasteiger partial charge is 0.351 e. The van der Waals surface area contributed by atoms with Crippen LogP contribution in [0, 0.1) is 11.3 Å². The highest BCUT2D eigenvalue weighted by Gasteiger charge is 2.41. The molecule has 0 atom stereocenters. The van der Waals surface area contributed by atoms with E-state index in [1.165, 1.54) is 12.8 Å². The fraction of sp³-hybridized carbons (Fsp3) is 0.632. The van der Waals surface area contributed by atoms with E-state index < -0.39 is 10.0 Å². The minimum atomic E-state index is -3.14. The molecule has 1 aliphatic carbocycles. The standard InChI is InChI=1S/C19H27ClN2O3S/c1-2-26(24,25)22-11-9-19(10-12-22,13-15-7-8-15)14-21-18(23)16-5-3-4-6-17(16)20/h3-6,15H,2,7-14H2,1H3,(H,21,23). The molecule has 1 heterocycles. The Labute approximate surface area is 161 Å². The quantitative estimate of drug-likeness (QED) is 0.766. The molecule has 5 nitrogen and oxygen atoms in total. The Hall–Kier alpha value is -1.11. The monoisotopic (exact) mass is 398 g/mol. The van der Waals surface area contributed by atoms with Gasteiger partial charge < -0.3 is 5.32 Å². The van der Waals surface area contributed by atoms with Gasteiger partial charge in [-0.3, -0.25) is 4.79 Å². The molecule has 3 rings (SSSR count). The van der Waals surface area contributed by atoms with Crippen molar-refractivity contribution in [3.05, 3.63) is 34.9 Å². The van der Waals surface area contributed by atoms with Crippen LogP contribution in [-0.4, -0.2) is 44.0 Å². The average Bonchev–Trinajstić information content (AvgIpc) is 3.44. The SMILES string of the molecule is CCS(=O)(=O)N1CCC(CNC(=O)c2ccccc2Cl)(CC2CC2)CC1. The van der Waals surface area contributed by atoms with Crippen molar-refractivity contribution >= 4 is 27.5 Å². The molecular formula is C19H27ClN2O3S. The van der Waals surface area contributed by atoms with Crippen LogP contribution in [0.2, 0.25) is 5.02 Å². The van der Waals surface area contributed by atoms with E-state index in [-0.39, 0.29) is 17.1 Å². The summed E-state index contributed by atoms with van der Waals surface area (Å²) in [5.74, 6) is 0.710. The smallest absolute Gasteiger partial charge is 0.252 e. The van der Waals surface area contributed by atoms with E-state index in [0.717, 1.165) is 25.2 Å². The van der Waals surface area contributed by atoms with Crippen LogP contribution in [0.5, 0.6) is 0 Å². The van der Waals surface area contributed by atoms with Gasteiger partial charge >= 0.3 is 0 Å².